The SMILES string of the molecule is [2H]C([3H])OCc1ccc(CNC(=S)NCCSSCCOC(=O)CCC(=O)NC)cc1. The predicted octanol–water partition coefficient (Wildman–Crippen LogP) is 2.25. The van der Waals surface area contributed by atoms with Crippen LogP contribution < -0.4 is 16.0 Å². The lowest BCUT2D eigenvalue weighted by molar-refractivity contribution is -0.144. The van der Waals surface area contributed by atoms with Crippen molar-refractivity contribution >= 4 is 50.8 Å². The summed E-state index contributed by atoms with van der Waals surface area (Å²) in [6.07, 6.45) is 0.250. The second kappa shape index (κ2) is 16.3. The topological polar surface area (TPSA) is 88.7 Å². The number of amides is 1. The van der Waals surface area contributed by atoms with Gasteiger partial charge >= 0.3 is 5.97 Å². The number of nitrogens with one attached hydrogen (secondary N) is 3. The minimum Gasteiger partial charge on any atom is -0.465 e. The monoisotopic (exact) mass is 462 g/mol. The highest BCUT2D eigenvalue weighted by Crippen LogP contribution is 2.19. The van der Waals surface area contributed by atoms with Crippen LogP contribution in [0.4, 0.5) is 0 Å². The van der Waals surface area contributed by atoms with Crippen LogP contribution in [0.5, 0.6) is 0 Å². The predicted molar refractivity (Wildman–Crippen MR) is 124 cm³/mol. The van der Waals surface area contributed by atoms with Crippen LogP contribution in [-0.2, 0) is 32.2 Å². The molecule has 1 amide bonds. The van der Waals surface area contributed by atoms with Gasteiger partial charge in [0.25, 0.3) is 0 Å². The zero-order valence-electron chi connectivity index (χ0n) is 18.4. The summed E-state index contributed by atoms with van der Waals surface area (Å²) in [6.45, 7) is 1.89. The van der Waals surface area contributed by atoms with Crippen LogP contribution in [0.3, 0.4) is 0 Å². The summed E-state index contributed by atoms with van der Waals surface area (Å²) in [5.74, 6) is 1.00. The standard InChI is InChI=1S/C19H29N3O4S3/c1-20-17(23)7-8-18(24)26-10-12-29-28-11-9-21-19(27)22-13-15-3-5-16(6-4-15)14-25-2/h3-6H,7-14H2,1-2H3,(H,20,23)(H2,21,22,27)/i2TD. The van der Waals surface area contributed by atoms with E-state index in [0.717, 1.165) is 16.9 Å². The molecular formula is C19H29N3O4S3. The Morgan fingerprint density at radius 3 is 2.62 bits per heavy atom. The van der Waals surface area contributed by atoms with E-state index in [2.05, 4.69) is 16.0 Å². The van der Waals surface area contributed by atoms with Crippen molar-refractivity contribution in [3.05, 3.63) is 35.4 Å². The van der Waals surface area contributed by atoms with Crippen molar-refractivity contribution in [3.63, 3.8) is 0 Å². The molecule has 0 radical (unpaired) electrons. The van der Waals surface area contributed by atoms with E-state index in [1.54, 1.807) is 21.6 Å². The van der Waals surface area contributed by atoms with Gasteiger partial charge in [0.15, 0.2) is 5.11 Å². The van der Waals surface area contributed by atoms with Gasteiger partial charge in [-0.25, -0.2) is 0 Å². The summed E-state index contributed by atoms with van der Waals surface area (Å²) in [5, 5.41) is 9.32. The Kier molecular flexibility index (Phi) is 12.5. The van der Waals surface area contributed by atoms with Gasteiger partial charge in [0.05, 0.1) is 15.8 Å². The van der Waals surface area contributed by atoms with Gasteiger partial charge in [-0.05, 0) is 23.3 Å². The highest BCUT2D eigenvalue weighted by molar-refractivity contribution is 8.76. The van der Waals surface area contributed by atoms with Gasteiger partial charge in [-0.15, -0.1) is 0 Å². The molecule has 1 rings (SSSR count). The third-order valence-corrected chi connectivity index (χ3v) is 6.20. The molecule has 0 bridgehead atoms. The Morgan fingerprint density at radius 2 is 1.90 bits per heavy atom. The molecule has 0 aliphatic rings. The normalized spacial score (nSPS) is 12.3. The summed E-state index contributed by atoms with van der Waals surface area (Å²) < 4.78 is 24.0. The lowest BCUT2D eigenvalue weighted by atomic mass is 10.1. The number of thiocarbonyl (C=S) groups is 1. The number of esters is 1. The molecule has 0 spiro atoms. The maximum atomic E-state index is 11.4. The Hall–Kier alpha value is -1.49. The largest absolute Gasteiger partial charge is 0.465 e. The average Bonchev–Trinajstić information content (AvgIpc) is 2.76. The number of methoxy groups -OCH3 is 1. The first-order valence-corrected chi connectivity index (χ1v) is 12.0. The Bertz CT molecular complexity index is 682. The molecule has 1 aromatic carbocycles. The number of benzene rings is 1. The van der Waals surface area contributed by atoms with Gasteiger partial charge in [0.2, 0.25) is 5.91 Å². The van der Waals surface area contributed by atoms with E-state index < -0.39 is 7.06 Å². The molecular weight excluding hydrogens is 430 g/mol. The summed E-state index contributed by atoms with van der Waals surface area (Å²) in [7, 11) is 3.54. The van der Waals surface area contributed by atoms with Crippen LogP contribution in [0.1, 0.15) is 26.7 Å². The van der Waals surface area contributed by atoms with Crippen LogP contribution in [0.15, 0.2) is 24.3 Å². The molecule has 0 fully saturated rings. The van der Waals surface area contributed by atoms with Crippen molar-refractivity contribution in [2.75, 3.05) is 38.8 Å². The number of hydrogen-bond donors (Lipinski definition) is 3. The molecule has 10 heteroatoms. The van der Waals surface area contributed by atoms with Gasteiger partial charge < -0.3 is 25.4 Å². The van der Waals surface area contributed by atoms with Crippen molar-refractivity contribution in [1.82, 2.24) is 16.0 Å². The Balaban J connectivity index is 2.00. The number of hydrogen-bond acceptors (Lipinski definition) is 7. The van der Waals surface area contributed by atoms with Crippen molar-refractivity contribution in [3.8, 4) is 0 Å². The first-order valence-electron chi connectivity index (χ1n) is 10.2. The van der Waals surface area contributed by atoms with Crippen molar-refractivity contribution in [2.45, 2.75) is 26.0 Å². The summed E-state index contributed by atoms with van der Waals surface area (Å²) in [5.41, 5.74) is 1.98. The maximum absolute atomic E-state index is 11.4. The summed E-state index contributed by atoms with van der Waals surface area (Å²) in [6, 6.07) is 7.72. The van der Waals surface area contributed by atoms with Crippen LogP contribution in [-0.4, -0.2) is 55.8 Å². The Labute approximate surface area is 188 Å². The fourth-order valence-corrected chi connectivity index (χ4v) is 3.93. The van der Waals surface area contributed by atoms with Gasteiger partial charge in [0.1, 0.15) is 6.61 Å². The van der Waals surface area contributed by atoms with Crippen LogP contribution in [0.2, 0.25) is 0 Å². The van der Waals surface area contributed by atoms with Crippen LogP contribution in [0.25, 0.3) is 0 Å². The number of carbonyl (C=O) groups excluding carboxylic acids is 2. The van der Waals surface area contributed by atoms with Gasteiger partial charge in [-0.3, -0.25) is 9.59 Å². The lowest BCUT2D eigenvalue weighted by Gasteiger charge is -2.11. The quantitative estimate of drug-likeness (QED) is 0.167. The molecule has 1 aromatic rings. The maximum Gasteiger partial charge on any atom is 0.306 e. The van der Waals surface area contributed by atoms with Crippen LogP contribution in [0, 0.1) is 0 Å². The molecule has 0 heterocycles. The van der Waals surface area contributed by atoms with E-state index in [9.17, 15) is 9.59 Å². The summed E-state index contributed by atoms with van der Waals surface area (Å²) in [4.78, 5) is 22.5. The number of carbonyl (C=O) groups is 2. The smallest absolute Gasteiger partial charge is 0.306 e. The fraction of sp³-hybridized carbons (Fsp3) is 0.526. The zero-order chi connectivity index (χ0) is 22.9. The molecule has 0 saturated carbocycles. The molecule has 0 aliphatic heterocycles. The van der Waals surface area contributed by atoms with Gasteiger partial charge in [0, 0.05) is 45.1 Å². The second-order valence-electron chi connectivity index (χ2n) is 5.77. The molecule has 162 valence electrons. The second-order valence-corrected chi connectivity index (χ2v) is 8.88. The number of ether oxygens (including phenoxy) is 2. The molecule has 0 aromatic heterocycles. The molecule has 7 nitrogen and oxygen atoms in total. The Morgan fingerprint density at radius 1 is 1.17 bits per heavy atom. The van der Waals surface area contributed by atoms with Crippen molar-refractivity contribution in [1.29, 1.82) is 0 Å². The van der Waals surface area contributed by atoms with Gasteiger partial charge in [-0.2, -0.15) is 0 Å². The minimum atomic E-state index is -1.27. The first kappa shape index (κ1) is 22.2. The third kappa shape index (κ3) is 13.4. The van der Waals surface area contributed by atoms with Crippen LogP contribution >= 0.6 is 33.8 Å². The van der Waals surface area contributed by atoms with E-state index in [4.69, 9.17) is 24.4 Å². The molecule has 3 N–H and O–H groups in total. The van der Waals surface area contributed by atoms with E-state index >= 15 is 0 Å². The highest BCUT2D eigenvalue weighted by atomic mass is 33.1. The number of rotatable bonds is 14. The molecule has 29 heavy (non-hydrogen) atoms. The molecule has 1 unspecified atom stereocenters. The first-order chi connectivity index (χ1) is 14.9. The van der Waals surface area contributed by atoms with E-state index in [0.29, 0.717) is 30.6 Å². The third-order valence-electron chi connectivity index (χ3n) is 3.55. The zero-order valence-corrected chi connectivity index (χ0v) is 18.9. The van der Waals surface area contributed by atoms with Crippen molar-refractivity contribution < 1.29 is 21.8 Å². The molecule has 0 aliphatic carbocycles. The lowest BCUT2D eigenvalue weighted by Crippen LogP contribution is -2.35. The average molecular weight is 463 g/mol. The van der Waals surface area contributed by atoms with E-state index in [1.807, 2.05) is 24.3 Å². The van der Waals surface area contributed by atoms with Crippen molar-refractivity contribution in [2.24, 2.45) is 0 Å². The highest BCUT2D eigenvalue weighted by Gasteiger charge is 2.06. The van der Waals surface area contributed by atoms with Gasteiger partial charge in [-0.1, -0.05) is 45.9 Å². The summed E-state index contributed by atoms with van der Waals surface area (Å²) >= 11 is 5.26. The molecule has 1 atom stereocenters. The van der Waals surface area contributed by atoms with E-state index in [-0.39, 0.29) is 31.3 Å². The minimum absolute atomic E-state index is 0.100. The fourth-order valence-electron chi connectivity index (χ4n) is 2.02. The molecule has 0 saturated heterocycles. The van der Waals surface area contributed by atoms with E-state index in [1.165, 1.54) is 7.05 Å².